The van der Waals surface area contributed by atoms with Gasteiger partial charge in [-0.2, -0.15) is 0 Å². The number of benzene rings is 2. The maximum absolute atomic E-state index is 12.8. The summed E-state index contributed by atoms with van der Waals surface area (Å²) in [6, 6.07) is 15.8. The number of aliphatic carboxylic acids is 1. The first kappa shape index (κ1) is 18.9. The van der Waals surface area contributed by atoms with Gasteiger partial charge in [0.25, 0.3) is 11.1 Å². The molecule has 0 aliphatic heterocycles. The number of ether oxygens (including phenoxy) is 1. The number of H-pyrrole nitrogens is 1. The first-order valence-electron chi connectivity index (χ1n) is 8.45. The van der Waals surface area contributed by atoms with Crippen LogP contribution in [0.25, 0.3) is 12.2 Å². The highest BCUT2D eigenvalue weighted by Crippen LogP contribution is 2.11. The lowest BCUT2D eigenvalue weighted by Gasteiger charge is -2.04. The van der Waals surface area contributed by atoms with Crippen LogP contribution in [-0.2, 0) is 11.3 Å². The second-order valence-electron chi connectivity index (χ2n) is 6.01. The van der Waals surface area contributed by atoms with Gasteiger partial charge < -0.3 is 14.8 Å². The number of carboxylic acid groups (broad SMARTS) is 1. The van der Waals surface area contributed by atoms with E-state index in [1.807, 2.05) is 6.07 Å². The van der Waals surface area contributed by atoms with Crippen molar-refractivity contribution in [2.75, 3.05) is 7.11 Å². The van der Waals surface area contributed by atoms with Crippen molar-refractivity contribution in [1.82, 2.24) is 9.55 Å². The minimum Gasteiger partial charge on any atom is -0.497 e. The van der Waals surface area contributed by atoms with Crippen LogP contribution in [-0.4, -0.2) is 27.7 Å². The van der Waals surface area contributed by atoms with Crippen molar-refractivity contribution in [3.05, 3.63) is 97.1 Å². The van der Waals surface area contributed by atoms with Crippen LogP contribution in [0, 0.1) is 0 Å². The van der Waals surface area contributed by atoms with Gasteiger partial charge in [0.05, 0.1) is 7.11 Å². The third kappa shape index (κ3) is 4.27. The van der Waals surface area contributed by atoms with E-state index in [-0.39, 0.29) is 10.7 Å². The van der Waals surface area contributed by atoms with E-state index >= 15 is 0 Å². The van der Waals surface area contributed by atoms with Gasteiger partial charge in [-0.1, -0.05) is 42.5 Å². The van der Waals surface area contributed by atoms with E-state index in [0.717, 1.165) is 4.57 Å². The van der Waals surface area contributed by atoms with E-state index < -0.39 is 23.6 Å². The molecule has 2 N–H and O–H groups in total. The van der Waals surface area contributed by atoms with Crippen molar-refractivity contribution in [3.8, 4) is 5.75 Å². The molecule has 28 heavy (non-hydrogen) atoms. The van der Waals surface area contributed by atoms with E-state index in [1.54, 1.807) is 55.6 Å². The Hall–Kier alpha value is -3.87. The zero-order chi connectivity index (χ0) is 20.1. The molecular formula is C21H18N2O5. The number of aromatic nitrogens is 2. The van der Waals surface area contributed by atoms with Gasteiger partial charge in [0.1, 0.15) is 23.0 Å². The fraction of sp³-hybridized carbons (Fsp3) is 0.0952. The first-order valence-corrected chi connectivity index (χ1v) is 8.45. The summed E-state index contributed by atoms with van der Waals surface area (Å²) < 4.78 is 6.05. The molecule has 0 saturated heterocycles. The Balaban J connectivity index is 2.24. The Kier molecular flexibility index (Phi) is 5.55. The maximum Gasteiger partial charge on any atom is 0.323 e. The van der Waals surface area contributed by atoms with Crippen LogP contribution >= 0.6 is 0 Å². The molecule has 2 aromatic carbocycles. The van der Waals surface area contributed by atoms with Crippen LogP contribution in [0.2, 0.25) is 0 Å². The van der Waals surface area contributed by atoms with Crippen molar-refractivity contribution in [3.63, 3.8) is 0 Å². The summed E-state index contributed by atoms with van der Waals surface area (Å²) >= 11 is 0. The minimum absolute atomic E-state index is 0.00151. The Morgan fingerprint density at radius 2 is 1.68 bits per heavy atom. The van der Waals surface area contributed by atoms with Gasteiger partial charge in [-0.15, -0.1) is 0 Å². The van der Waals surface area contributed by atoms with E-state index in [2.05, 4.69) is 4.98 Å². The van der Waals surface area contributed by atoms with E-state index in [0.29, 0.717) is 16.9 Å². The quantitative estimate of drug-likeness (QED) is 0.664. The van der Waals surface area contributed by atoms with Crippen LogP contribution in [0.3, 0.4) is 0 Å². The molecule has 7 nitrogen and oxygen atoms in total. The zero-order valence-electron chi connectivity index (χ0n) is 15.1. The van der Waals surface area contributed by atoms with Crippen LogP contribution in [0.5, 0.6) is 5.75 Å². The summed E-state index contributed by atoms with van der Waals surface area (Å²) in [4.78, 5) is 39.3. The maximum atomic E-state index is 12.8. The SMILES string of the molecule is COc1ccc(/C=c2\[nH]c(=O)/c(=C/c3ccccc3)n(CC(=O)O)c2=O)cc1. The molecule has 0 fully saturated rings. The third-order valence-corrected chi connectivity index (χ3v) is 4.07. The highest BCUT2D eigenvalue weighted by Gasteiger charge is 2.09. The number of methoxy groups -OCH3 is 1. The normalized spacial score (nSPS) is 12.2. The predicted molar refractivity (Wildman–Crippen MR) is 105 cm³/mol. The summed E-state index contributed by atoms with van der Waals surface area (Å²) in [5.74, 6) is -0.562. The van der Waals surface area contributed by atoms with Crippen molar-refractivity contribution in [2.24, 2.45) is 0 Å². The van der Waals surface area contributed by atoms with E-state index in [1.165, 1.54) is 12.2 Å². The zero-order valence-corrected chi connectivity index (χ0v) is 15.1. The minimum atomic E-state index is -1.22. The van der Waals surface area contributed by atoms with Crippen LogP contribution in [0.1, 0.15) is 11.1 Å². The Morgan fingerprint density at radius 1 is 1.04 bits per heavy atom. The summed E-state index contributed by atoms with van der Waals surface area (Å²) in [5, 5.41) is 9.18. The third-order valence-electron chi connectivity index (χ3n) is 4.07. The predicted octanol–water partition coefficient (Wildman–Crippen LogP) is 0.287. The van der Waals surface area contributed by atoms with Gasteiger partial charge in [0.2, 0.25) is 0 Å². The average Bonchev–Trinajstić information content (AvgIpc) is 2.69. The molecule has 1 heterocycles. The fourth-order valence-corrected chi connectivity index (χ4v) is 2.72. The molecule has 0 atom stereocenters. The fourth-order valence-electron chi connectivity index (χ4n) is 2.72. The molecule has 0 spiro atoms. The molecular weight excluding hydrogens is 360 g/mol. The molecule has 3 aromatic rings. The van der Waals surface area contributed by atoms with Crippen molar-refractivity contribution < 1.29 is 14.6 Å². The number of carboxylic acids is 1. The van der Waals surface area contributed by atoms with Crippen molar-refractivity contribution in [2.45, 2.75) is 6.54 Å². The average molecular weight is 378 g/mol. The largest absolute Gasteiger partial charge is 0.497 e. The number of aromatic amines is 1. The van der Waals surface area contributed by atoms with Gasteiger partial charge in [0.15, 0.2) is 0 Å². The Labute approximate surface area is 159 Å². The van der Waals surface area contributed by atoms with Crippen LogP contribution in [0.4, 0.5) is 0 Å². The molecule has 0 amide bonds. The van der Waals surface area contributed by atoms with E-state index in [9.17, 15) is 19.5 Å². The van der Waals surface area contributed by atoms with Gasteiger partial charge in [-0.25, -0.2) is 0 Å². The second-order valence-corrected chi connectivity index (χ2v) is 6.01. The molecule has 1 aromatic heterocycles. The number of nitrogens with one attached hydrogen (secondary N) is 1. The summed E-state index contributed by atoms with van der Waals surface area (Å²) in [6.45, 7) is -0.620. The number of nitrogens with zero attached hydrogens (tertiary/aromatic N) is 1. The molecule has 0 saturated carbocycles. The van der Waals surface area contributed by atoms with Gasteiger partial charge >= 0.3 is 5.97 Å². The first-order chi connectivity index (χ1) is 13.5. The van der Waals surface area contributed by atoms with Gasteiger partial charge in [-0.3, -0.25) is 19.0 Å². The highest BCUT2D eigenvalue weighted by atomic mass is 16.5. The molecule has 0 bridgehead atoms. The second kappa shape index (κ2) is 8.22. The Bertz CT molecular complexity index is 1220. The molecule has 142 valence electrons. The number of rotatable bonds is 5. The smallest absolute Gasteiger partial charge is 0.323 e. The van der Waals surface area contributed by atoms with Gasteiger partial charge in [0, 0.05) is 0 Å². The lowest BCUT2D eigenvalue weighted by atomic mass is 10.2. The topological polar surface area (TPSA) is 101 Å². The molecule has 0 radical (unpaired) electrons. The number of hydrogen-bond acceptors (Lipinski definition) is 4. The van der Waals surface area contributed by atoms with Crippen LogP contribution < -0.4 is 26.6 Å². The van der Waals surface area contributed by atoms with Crippen molar-refractivity contribution >= 4 is 18.1 Å². The summed E-state index contributed by atoms with van der Waals surface area (Å²) in [5.41, 5.74) is 0.193. The summed E-state index contributed by atoms with van der Waals surface area (Å²) in [7, 11) is 1.54. The monoisotopic (exact) mass is 378 g/mol. The lowest BCUT2D eigenvalue weighted by molar-refractivity contribution is -0.137. The molecule has 0 unspecified atom stereocenters. The molecule has 0 aliphatic rings. The van der Waals surface area contributed by atoms with E-state index in [4.69, 9.17) is 4.74 Å². The lowest BCUT2D eigenvalue weighted by Crippen LogP contribution is -2.54. The highest BCUT2D eigenvalue weighted by molar-refractivity contribution is 5.66. The van der Waals surface area contributed by atoms with Crippen LogP contribution in [0.15, 0.2) is 64.2 Å². The molecule has 7 heteroatoms. The standard InChI is InChI=1S/C21H18N2O5/c1-28-16-9-7-15(8-10-16)11-17-21(27)23(13-19(24)25)18(20(26)22-17)12-14-5-3-2-4-6-14/h2-12H,13H2,1H3,(H,22,26)(H,24,25)/b17-11-,18-12-. The van der Waals surface area contributed by atoms with Gasteiger partial charge in [-0.05, 0) is 35.4 Å². The number of hydrogen-bond donors (Lipinski definition) is 2. The molecule has 3 rings (SSSR count). The summed E-state index contributed by atoms with van der Waals surface area (Å²) in [6.07, 6.45) is 2.98. The molecule has 0 aliphatic carbocycles. The number of carbonyl (C=O) groups is 1. The van der Waals surface area contributed by atoms with Crippen molar-refractivity contribution in [1.29, 1.82) is 0 Å². The Morgan fingerprint density at radius 3 is 2.29 bits per heavy atom.